The van der Waals surface area contributed by atoms with Crippen molar-refractivity contribution in [1.82, 2.24) is 14.1 Å². The summed E-state index contributed by atoms with van der Waals surface area (Å²) in [6.07, 6.45) is 0.538. The van der Waals surface area contributed by atoms with Gasteiger partial charge in [-0.25, -0.2) is 4.79 Å². The number of H-pyrrole nitrogens is 1. The van der Waals surface area contributed by atoms with Gasteiger partial charge in [-0.15, -0.1) is 0 Å². The zero-order valence-corrected chi connectivity index (χ0v) is 17.8. The Morgan fingerprint density at radius 3 is 2.83 bits per heavy atom. The van der Waals surface area contributed by atoms with Crippen LogP contribution in [0.25, 0.3) is 10.9 Å². The Kier molecular flexibility index (Phi) is 4.27. The highest BCUT2D eigenvalue weighted by atomic mass is 35.5. The molecule has 3 heterocycles. The SMILES string of the molecule is COC(=O)c1cc(Cl)cc([C@@H]2c3[nH]c4ccccc4c3Cc3c(O)n(C)c(=S)n32)c1. The summed E-state index contributed by atoms with van der Waals surface area (Å²) >= 11 is 12.0. The van der Waals surface area contributed by atoms with Gasteiger partial charge in [-0.05, 0) is 47.6 Å². The van der Waals surface area contributed by atoms with E-state index in [1.165, 1.54) is 7.11 Å². The Morgan fingerprint density at radius 1 is 1.30 bits per heavy atom. The smallest absolute Gasteiger partial charge is 0.337 e. The fourth-order valence-corrected chi connectivity index (χ4v) is 4.91. The Hall–Kier alpha value is -3.03. The van der Waals surface area contributed by atoms with Crippen molar-refractivity contribution in [3.8, 4) is 5.88 Å². The lowest BCUT2D eigenvalue weighted by Crippen LogP contribution is -2.22. The number of halogens is 1. The fraction of sp³-hybridized carbons (Fsp3) is 0.182. The topological polar surface area (TPSA) is 72.2 Å². The number of imidazole rings is 1. The van der Waals surface area contributed by atoms with Gasteiger partial charge in [0.1, 0.15) is 6.04 Å². The average Bonchev–Trinajstić information content (AvgIpc) is 3.22. The molecule has 0 radical (unpaired) electrons. The molecule has 8 heteroatoms. The maximum absolute atomic E-state index is 12.2. The second-order valence-corrected chi connectivity index (χ2v) is 8.19. The highest BCUT2D eigenvalue weighted by Crippen LogP contribution is 2.43. The zero-order chi connectivity index (χ0) is 21.2. The van der Waals surface area contributed by atoms with Crippen molar-refractivity contribution in [2.75, 3.05) is 7.11 Å². The maximum Gasteiger partial charge on any atom is 0.337 e. The number of aromatic hydroxyl groups is 1. The van der Waals surface area contributed by atoms with Gasteiger partial charge in [-0.3, -0.25) is 4.57 Å². The van der Waals surface area contributed by atoms with Crippen LogP contribution >= 0.6 is 23.8 Å². The van der Waals surface area contributed by atoms with E-state index < -0.39 is 5.97 Å². The molecule has 2 aromatic carbocycles. The van der Waals surface area contributed by atoms with E-state index in [2.05, 4.69) is 11.1 Å². The van der Waals surface area contributed by atoms with Gasteiger partial charge in [0, 0.05) is 35.1 Å². The van der Waals surface area contributed by atoms with Crippen molar-refractivity contribution in [3.05, 3.63) is 80.3 Å². The van der Waals surface area contributed by atoms with Crippen LogP contribution in [0, 0.1) is 4.77 Å². The summed E-state index contributed by atoms with van der Waals surface area (Å²) in [5.41, 5.74) is 4.91. The van der Waals surface area contributed by atoms with E-state index >= 15 is 0 Å². The van der Waals surface area contributed by atoms with E-state index in [1.807, 2.05) is 28.8 Å². The number of nitrogens with zero attached hydrogens (tertiary/aromatic N) is 2. The first-order chi connectivity index (χ1) is 14.4. The van der Waals surface area contributed by atoms with Crippen molar-refractivity contribution in [2.24, 2.45) is 7.05 Å². The Bertz CT molecular complexity index is 1400. The number of esters is 1. The van der Waals surface area contributed by atoms with Crippen molar-refractivity contribution in [1.29, 1.82) is 0 Å². The number of hydrogen-bond donors (Lipinski definition) is 2. The van der Waals surface area contributed by atoms with Gasteiger partial charge in [0.25, 0.3) is 0 Å². The molecule has 0 aliphatic carbocycles. The number of carbonyl (C=O) groups is 1. The molecule has 2 N–H and O–H groups in total. The number of aromatic nitrogens is 3. The van der Waals surface area contributed by atoms with Crippen molar-refractivity contribution < 1.29 is 14.6 Å². The van der Waals surface area contributed by atoms with E-state index in [1.54, 1.807) is 23.7 Å². The number of methoxy groups -OCH3 is 1. The third kappa shape index (κ3) is 2.62. The molecule has 5 rings (SSSR count). The second-order valence-electron chi connectivity index (χ2n) is 7.39. The van der Waals surface area contributed by atoms with Gasteiger partial charge in [0.2, 0.25) is 5.88 Å². The molecule has 6 nitrogen and oxygen atoms in total. The van der Waals surface area contributed by atoms with Crippen LogP contribution in [0.3, 0.4) is 0 Å². The third-order valence-corrected chi connectivity index (χ3v) is 6.43. The van der Waals surface area contributed by atoms with E-state index in [0.29, 0.717) is 21.8 Å². The minimum Gasteiger partial charge on any atom is -0.493 e. The zero-order valence-electron chi connectivity index (χ0n) is 16.3. The summed E-state index contributed by atoms with van der Waals surface area (Å²) in [5.74, 6) is -0.331. The second kappa shape index (κ2) is 6.75. The molecular formula is C22H18ClN3O3S. The van der Waals surface area contributed by atoms with E-state index in [9.17, 15) is 9.90 Å². The molecule has 1 aliphatic rings. The largest absolute Gasteiger partial charge is 0.493 e. The number of hydrogen-bond acceptors (Lipinski definition) is 4. The first kappa shape index (κ1) is 19.0. The number of rotatable bonds is 2. The average molecular weight is 440 g/mol. The first-order valence-corrected chi connectivity index (χ1v) is 10.2. The number of benzene rings is 2. The van der Waals surface area contributed by atoms with E-state index in [0.717, 1.165) is 33.4 Å². The highest BCUT2D eigenvalue weighted by molar-refractivity contribution is 7.71. The quantitative estimate of drug-likeness (QED) is 0.308. The molecule has 1 atom stereocenters. The van der Waals surface area contributed by atoms with Crippen LogP contribution in [0.15, 0.2) is 42.5 Å². The first-order valence-electron chi connectivity index (χ1n) is 9.38. The third-order valence-electron chi connectivity index (χ3n) is 5.74. The van der Waals surface area contributed by atoms with Crippen LogP contribution in [-0.4, -0.2) is 32.3 Å². The van der Waals surface area contributed by atoms with Crippen LogP contribution in [0.1, 0.15) is 38.9 Å². The molecule has 0 spiro atoms. The number of nitrogens with one attached hydrogen (secondary N) is 1. The van der Waals surface area contributed by atoms with Crippen molar-refractivity contribution in [3.63, 3.8) is 0 Å². The Balaban J connectivity index is 1.85. The lowest BCUT2D eigenvalue weighted by atomic mass is 9.92. The molecule has 2 aromatic heterocycles. The summed E-state index contributed by atoms with van der Waals surface area (Å²) in [4.78, 5) is 15.7. The van der Waals surface area contributed by atoms with Crippen molar-refractivity contribution >= 4 is 40.7 Å². The van der Waals surface area contributed by atoms with E-state index in [-0.39, 0.29) is 11.9 Å². The molecule has 0 saturated carbocycles. The standard InChI is InChI=1S/C22H18ClN3O3S/c1-25-20(27)17-10-15-14-5-3-4-6-16(14)24-18(15)19(26(17)22(25)30)11-7-12(21(28)29-2)9-13(23)8-11/h3-9,19,24,27H,10H2,1-2H3/t19-/m1/s1. The molecule has 0 fully saturated rings. The van der Waals surface area contributed by atoms with Gasteiger partial charge < -0.3 is 19.4 Å². The number of fused-ring (bicyclic) bond motifs is 4. The van der Waals surface area contributed by atoms with Gasteiger partial charge >= 0.3 is 5.97 Å². The lowest BCUT2D eigenvalue weighted by Gasteiger charge is -2.27. The summed E-state index contributed by atoms with van der Waals surface area (Å²) in [6, 6.07) is 12.8. The maximum atomic E-state index is 12.2. The van der Waals surface area contributed by atoms with Crippen LogP contribution in [-0.2, 0) is 18.2 Å². The number of aromatic amines is 1. The Labute approximate surface area is 182 Å². The van der Waals surface area contributed by atoms with Crippen LogP contribution < -0.4 is 0 Å². The molecule has 30 heavy (non-hydrogen) atoms. The molecule has 0 saturated heterocycles. The fourth-order valence-electron chi connectivity index (χ4n) is 4.36. The predicted octanol–water partition coefficient (Wildman–Crippen LogP) is 4.72. The summed E-state index contributed by atoms with van der Waals surface area (Å²) in [6.45, 7) is 0. The minimum absolute atomic E-state index is 0.135. The summed E-state index contributed by atoms with van der Waals surface area (Å²) < 4.78 is 8.89. The van der Waals surface area contributed by atoms with Crippen LogP contribution in [0.2, 0.25) is 5.02 Å². The number of ether oxygens (including phenoxy) is 1. The number of para-hydroxylation sites is 1. The van der Waals surface area contributed by atoms with Crippen LogP contribution in [0.4, 0.5) is 0 Å². The molecule has 1 aliphatic heterocycles. The summed E-state index contributed by atoms with van der Waals surface area (Å²) in [5, 5.41) is 12.3. The van der Waals surface area contributed by atoms with Crippen LogP contribution in [0.5, 0.6) is 5.88 Å². The van der Waals surface area contributed by atoms with Crippen molar-refractivity contribution in [2.45, 2.75) is 12.5 Å². The Morgan fingerprint density at radius 2 is 2.07 bits per heavy atom. The molecule has 152 valence electrons. The monoisotopic (exact) mass is 439 g/mol. The van der Waals surface area contributed by atoms with E-state index in [4.69, 9.17) is 28.6 Å². The van der Waals surface area contributed by atoms with Gasteiger partial charge in [-0.1, -0.05) is 29.8 Å². The molecule has 0 amide bonds. The minimum atomic E-state index is -0.467. The normalized spacial score (nSPS) is 15.1. The predicted molar refractivity (Wildman–Crippen MR) is 117 cm³/mol. The van der Waals surface area contributed by atoms with Gasteiger partial charge in [0.15, 0.2) is 4.77 Å². The number of carbonyl (C=O) groups excluding carboxylic acids is 1. The molecule has 4 aromatic rings. The molecule has 0 unspecified atom stereocenters. The molecule has 0 bridgehead atoms. The molecular weight excluding hydrogens is 422 g/mol. The highest BCUT2D eigenvalue weighted by Gasteiger charge is 2.34. The summed E-state index contributed by atoms with van der Waals surface area (Å²) in [7, 11) is 3.08. The lowest BCUT2D eigenvalue weighted by molar-refractivity contribution is 0.0600. The van der Waals surface area contributed by atoms with Gasteiger partial charge in [0.05, 0.1) is 18.4 Å². The van der Waals surface area contributed by atoms with Gasteiger partial charge in [-0.2, -0.15) is 0 Å².